The summed E-state index contributed by atoms with van der Waals surface area (Å²) in [6.45, 7) is 6.28. The number of anilines is 1. The highest BCUT2D eigenvalue weighted by Gasteiger charge is 2.26. The topological polar surface area (TPSA) is 78.7 Å². The number of primary amides is 1. The fourth-order valence-electron chi connectivity index (χ4n) is 2.42. The highest BCUT2D eigenvalue weighted by atomic mass is 16.2. The van der Waals surface area contributed by atoms with Gasteiger partial charge in [0.25, 0.3) is 0 Å². The summed E-state index contributed by atoms with van der Waals surface area (Å²) in [7, 11) is 0. The monoisotopic (exact) mass is 290 g/mol. The van der Waals surface area contributed by atoms with Gasteiger partial charge in [-0.25, -0.2) is 4.79 Å². The minimum atomic E-state index is -0.326. The van der Waals surface area contributed by atoms with Crippen molar-refractivity contribution in [3.8, 4) is 0 Å². The van der Waals surface area contributed by atoms with Crippen molar-refractivity contribution in [1.82, 2.24) is 9.80 Å². The van der Waals surface area contributed by atoms with Gasteiger partial charge in [-0.1, -0.05) is 12.1 Å². The lowest BCUT2D eigenvalue weighted by Crippen LogP contribution is -2.55. The number of piperazine rings is 1. The summed E-state index contributed by atoms with van der Waals surface area (Å²) in [4.78, 5) is 27.1. The number of carbonyl (C=O) groups is 2. The molecule has 1 atom stereocenters. The highest BCUT2D eigenvalue weighted by molar-refractivity contribution is 5.89. The van der Waals surface area contributed by atoms with Gasteiger partial charge in [0.2, 0.25) is 5.91 Å². The Bertz CT molecular complexity index is 524. The molecule has 6 nitrogen and oxygen atoms in total. The molecule has 1 heterocycles. The maximum absolute atomic E-state index is 12.2. The first-order chi connectivity index (χ1) is 9.97. The Kier molecular flexibility index (Phi) is 4.80. The number of hydrogen-bond donors (Lipinski definition) is 2. The Labute approximate surface area is 124 Å². The van der Waals surface area contributed by atoms with E-state index in [0.717, 1.165) is 11.3 Å². The minimum absolute atomic E-state index is 0.105. The number of amides is 3. The number of carbonyl (C=O) groups excluding carboxylic acids is 2. The third-order valence-corrected chi connectivity index (χ3v) is 3.83. The summed E-state index contributed by atoms with van der Waals surface area (Å²) in [5.74, 6) is -0.326. The molecule has 114 valence electrons. The summed E-state index contributed by atoms with van der Waals surface area (Å²) < 4.78 is 0. The number of nitrogens with two attached hydrogens (primary N) is 1. The van der Waals surface area contributed by atoms with E-state index in [-0.39, 0.29) is 18.0 Å². The van der Waals surface area contributed by atoms with Crippen LogP contribution in [0.5, 0.6) is 0 Å². The second-order valence-corrected chi connectivity index (χ2v) is 5.40. The second kappa shape index (κ2) is 6.58. The van der Waals surface area contributed by atoms with Crippen LogP contribution in [0, 0.1) is 6.92 Å². The lowest BCUT2D eigenvalue weighted by Gasteiger charge is -2.36. The van der Waals surface area contributed by atoms with Crippen LogP contribution in [0.4, 0.5) is 10.5 Å². The first-order valence-corrected chi connectivity index (χ1v) is 7.13. The van der Waals surface area contributed by atoms with Gasteiger partial charge < -0.3 is 16.0 Å². The first-order valence-electron chi connectivity index (χ1n) is 7.13. The molecule has 0 bridgehead atoms. The van der Waals surface area contributed by atoms with Gasteiger partial charge in [-0.15, -0.1) is 0 Å². The molecule has 1 aliphatic heterocycles. The van der Waals surface area contributed by atoms with Crippen LogP contribution < -0.4 is 11.1 Å². The van der Waals surface area contributed by atoms with Gasteiger partial charge in [0.05, 0.1) is 6.04 Å². The molecule has 1 aromatic carbocycles. The predicted octanol–water partition coefficient (Wildman–Crippen LogP) is 1.02. The average Bonchev–Trinajstić information content (AvgIpc) is 2.46. The van der Waals surface area contributed by atoms with Gasteiger partial charge in [-0.2, -0.15) is 0 Å². The molecule has 0 saturated carbocycles. The van der Waals surface area contributed by atoms with E-state index in [4.69, 9.17) is 5.73 Å². The van der Waals surface area contributed by atoms with E-state index in [1.54, 1.807) is 11.8 Å². The Morgan fingerprint density at radius 3 is 2.48 bits per heavy atom. The number of nitrogens with zero attached hydrogens (tertiary/aromatic N) is 2. The Morgan fingerprint density at radius 2 is 1.90 bits per heavy atom. The van der Waals surface area contributed by atoms with Crippen molar-refractivity contribution >= 4 is 17.6 Å². The summed E-state index contributed by atoms with van der Waals surface area (Å²) in [5.41, 5.74) is 7.21. The number of urea groups is 1. The summed E-state index contributed by atoms with van der Waals surface area (Å²) in [5, 5.41) is 2.90. The Hall–Kier alpha value is -2.08. The molecule has 0 spiro atoms. The molecule has 1 aliphatic rings. The van der Waals surface area contributed by atoms with Crippen LogP contribution in [-0.4, -0.2) is 54.0 Å². The van der Waals surface area contributed by atoms with Crippen molar-refractivity contribution in [2.75, 3.05) is 31.5 Å². The number of benzene rings is 1. The van der Waals surface area contributed by atoms with Crippen LogP contribution in [0.3, 0.4) is 0 Å². The van der Waals surface area contributed by atoms with Gasteiger partial charge in [-0.3, -0.25) is 9.69 Å². The van der Waals surface area contributed by atoms with Gasteiger partial charge in [0.15, 0.2) is 0 Å². The lowest BCUT2D eigenvalue weighted by atomic mass is 10.2. The zero-order chi connectivity index (χ0) is 15.4. The van der Waals surface area contributed by atoms with E-state index in [1.165, 1.54) is 0 Å². The third-order valence-electron chi connectivity index (χ3n) is 3.83. The van der Waals surface area contributed by atoms with Crippen LogP contribution in [0.25, 0.3) is 0 Å². The third kappa shape index (κ3) is 3.95. The standard InChI is InChI=1S/C15H22N4O2/c1-11-4-3-5-13(10-11)17-15(21)19-8-6-18(7-9-19)12(2)14(16)20/h3-5,10,12H,6-9H2,1-2H3,(H2,16,20)(H,17,21)/t12-/m1/s1. The van der Waals surface area contributed by atoms with Crippen LogP contribution >= 0.6 is 0 Å². The zero-order valence-corrected chi connectivity index (χ0v) is 12.5. The summed E-state index contributed by atoms with van der Waals surface area (Å²) in [6.07, 6.45) is 0. The van der Waals surface area contributed by atoms with Gasteiger partial charge in [0.1, 0.15) is 0 Å². The lowest BCUT2D eigenvalue weighted by molar-refractivity contribution is -0.123. The second-order valence-electron chi connectivity index (χ2n) is 5.40. The van der Waals surface area contributed by atoms with Crippen LogP contribution in [0.1, 0.15) is 12.5 Å². The first kappa shape index (κ1) is 15.3. The van der Waals surface area contributed by atoms with Crippen LogP contribution in [-0.2, 0) is 4.79 Å². The molecule has 0 aromatic heterocycles. The molecule has 2 rings (SSSR count). The largest absolute Gasteiger partial charge is 0.368 e. The van der Waals surface area contributed by atoms with E-state index in [0.29, 0.717) is 26.2 Å². The Balaban J connectivity index is 1.87. The SMILES string of the molecule is Cc1cccc(NC(=O)N2CCN([C@H](C)C(N)=O)CC2)c1. The molecule has 0 radical (unpaired) electrons. The van der Waals surface area contributed by atoms with Crippen molar-refractivity contribution < 1.29 is 9.59 Å². The number of rotatable bonds is 3. The van der Waals surface area contributed by atoms with E-state index in [1.807, 2.05) is 36.1 Å². The molecule has 3 N–H and O–H groups in total. The van der Waals surface area contributed by atoms with Crippen LogP contribution in [0.15, 0.2) is 24.3 Å². The van der Waals surface area contributed by atoms with E-state index in [2.05, 4.69) is 5.32 Å². The summed E-state index contributed by atoms with van der Waals surface area (Å²) in [6, 6.07) is 7.32. The fraction of sp³-hybridized carbons (Fsp3) is 0.467. The summed E-state index contributed by atoms with van der Waals surface area (Å²) >= 11 is 0. The fourth-order valence-corrected chi connectivity index (χ4v) is 2.42. The molecule has 21 heavy (non-hydrogen) atoms. The molecule has 0 aliphatic carbocycles. The highest BCUT2D eigenvalue weighted by Crippen LogP contribution is 2.12. The van der Waals surface area contributed by atoms with E-state index < -0.39 is 0 Å². The predicted molar refractivity (Wildman–Crippen MR) is 82.0 cm³/mol. The van der Waals surface area contributed by atoms with E-state index >= 15 is 0 Å². The zero-order valence-electron chi connectivity index (χ0n) is 12.5. The average molecular weight is 290 g/mol. The van der Waals surface area contributed by atoms with Crippen molar-refractivity contribution in [3.05, 3.63) is 29.8 Å². The molecule has 6 heteroatoms. The van der Waals surface area contributed by atoms with Gasteiger partial charge in [0, 0.05) is 31.9 Å². The number of aryl methyl sites for hydroxylation is 1. The van der Waals surface area contributed by atoms with Gasteiger partial charge >= 0.3 is 6.03 Å². The van der Waals surface area contributed by atoms with Gasteiger partial charge in [-0.05, 0) is 31.5 Å². The van der Waals surface area contributed by atoms with Crippen molar-refractivity contribution in [2.45, 2.75) is 19.9 Å². The maximum atomic E-state index is 12.2. The maximum Gasteiger partial charge on any atom is 0.321 e. The molecule has 1 aromatic rings. The molecule has 1 saturated heterocycles. The van der Waals surface area contributed by atoms with Crippen molar-refractivity contribution in [2.24, 2.45) is 5.73 Å². The molecule has 1 fully saturated rings. The Morgan fingerprint density at radius 1 is 1.24 bits per heavy atom. The normalized spacial score (nSPS) is 17.3. The number of nitrogens with one attached hydrogen (secondary N) is 1. The number of hydrogen-bond acceptors (Lipinski definition) is 3. The molecular weight excluding hydrogens is 268 g/mol. The molecule has 3 amide bonds. The molecule has 0 unspecified atom stereocenters. The smallest absolute Gasteiger partial charge is 0.321 e. The minimum Gasteiger partial charge on any atom is -0.368 e. The molecular formula is C15H22N4O2. The van der Waals surface area contributed by atoms with Crippen molar-refractivity contribution in [1.29, 1.82) is 0 Å². The van der Waals surface area contributed by atoms with Crippen molar-refractivity contribution in [3.63, 3.8) is 0 Å². The van der Waals surface area contributed by atoms with Crippen LogP contribution in [0.2, 0.25) is 0 Å². The van der Waals surface area contributed by atoms with E-state index in [9.17, 15) is 9.59 Å². The quantitative estimate of drug-likeness (QED) is 0.872.